The van der Waals surface area contributed by atoms with Crippen molar-refractivity contribution in [1.82, 2.24) is 10.2 Å². The summed E-state index contributed by atoms with van der Waals surface area (Å²) < 4.78 is 0. The largest absolute Gasteiger partial charge is 0.399 e. The van der Waals surface area contributed by atoms with Crippen molar-refractivity contribution < 1.29 is 4.79 Å². The second-order valence-corrected chi connectivity index (χ2v) is 8.46. The van der Waals surface area contributed by atoms with Gasteiger partial charge in [0.1, 0.15) is 0 Å². The van der Waals surface area contributed by atoms with Crippen molar-refractivity contribution in [2.75, 3.05) is 18.8 Å². The Morgan fingerprint density at radius 3 is 2.81 bits per heavy atom. The van der Waals surface area contributed by atoms with Crippen molar-refractivity contribution in [1.29, 1.82) is 0 Å². The molecule has 4 rings (SSSR count). The molecule has 5 heteroatoms. The predicted molar refractivity (Wildman–Crippen MR) is 107 cm³/mol. The molecule has 1 aliphatic heterocycles. The third-order valence-electron chi connectivity index (χ3n) is 6.04. The first-order chi connectivity index (χ1) is 12.7. The molecule has 0 bridgehead atoms. The summed E-state index contributed by atoms with van der Waals surface area (Å²) in [6.07, 6.45) is 4.79. The molecule has 1 amide bonds. The van der Waals surface area contributed by atoms with Crippen LogP contribution in [-0.2, 0) is 17.8 Å². The van der Waals surface area contributed by atoms with Gasteiger partial charge in [-0.15, -0.1) is 0 Å². The van der Waals surface area contributed by atoms with Crippen LogP contribution in [0.15, 0.2) is 41.1 Å². The van der Waals surface area contributed by atoms with Gasteiger partial charge in [0, 0.05) is 24.7 Å². The average molecular weight is 370 g/mol. The van der Waals surface area contributed by atoms with E-state index >= 15 is 0 Å². The van der Waals surface area contributed by atoms with E-state index < -0.39 is 0 Å². The van der Waals surface area contributed by atoms with Gasteiger partial charge in [-0.25, -0.2) is 0 Å². The molecule has 2 aliphatic rings. The fourth-order valence-electron chi connectivity index (χ4n) is 4.33. The molecule has 1 atom stereocenters. The van der Waals surface area contributed by atoms with Crippen LogP contribution in [0.2, 0.25) is 0 Å². The minimum Gasteiger partial charge on any atom is -0.399 e. The molecule has 1 saturated heterocycles. The van der Waals surface area contributed by atoms with Crippen LogP contribution >= 0.6 is 11.3 Å². The van der Waals surface area contributed by atoms with Crippen LogP contribution in [0.5, 0.6) is 0 Å². The SMILES string of the molecule is Nc1ccccc1CCC(=O)N(Cc1ccsc1)C1CC12CCNCC2. The van der Waals surface area contributed by atoms with Gasteiger partial charge in [0.15, 0.2) is 0 Å². The van der Waals surface area contributed by atoms with E-state index in [-0.39, 0.29) is 5.91 Å². The molecule has 4 nitrogen and oxygen atoms in total. The quantitative estimate of drug-likeness (QED) is 0.767. The summed E-state index contributed by atoms with van der Waals surface area (Å²) in [5, 5.41) is 7.70. The lowest BCUT2D eigenvalue weighted by atomic mass is 9.93. The van der Waals surface area contributed by atoms with Crippen LogP contribution < -0.4 is 11.1 Å². The van der Waals surface area contributed by atoms with Gasteiger partial charge >= 0.3 is 0 Å². The number of nitrogens with zero attached hydrogens (tertiary/aromatic N) is 1. The Balaban J connectivity index is 1.45. The Bertz CT molecular complexity index is 752. The summed E-state index contributed by atoms with van der Waals surface area (Å²) in [5.74, 6) is 0.264. The standard InChI is InChI=1S/C21H27N3OS/c22-18-4-2-1-3-17(18)5-6-20(25)24(14-16-7-12-26-15-16)19-13-21(19)8-10-23-11-9-21/h1-4,7,12,15,19,23H,5-6,8-11,13-14,22H2. The summed E-state index contributed by atoms with van der Waals surface area (Å²) in [5.41, 5.74) is 9.51. The van der Waals surface area contributed by atoms with Crippen LogP contribution in [-0.4, -0.2) is 29.9 Å². The summed E-state index contributed by atoms with van der Waals surface area (Å²) in [6, 6.07) is 10.4. The van der Waals surface area contributed by atoms with E-state index in [9.17, 15) is 4.79 Å². The number of aryl methyl sites for hydroxylation is 1. The van der Waals surface area contributed by atoms with E-state index in [1.807, 2.05) is 24.3 Å². The molecule has 2 heterocycles. The fraction of sp³-hybridized carbons (Fsp3) is 0.476. The van der Waals surface area contributed by atoms with Gasteiger partial charge in [-0.1, -0.05) is 18.2 Å². The maximum atomic E-state index is 13.1. The van der Waals surface area contributed by atoms with Gasteiger partial charge in [-0.05, 0) is 78.2 Å². The predicted octanol–water partition coefficient (Wildman–Crippen LogP) is 3.43. The Morgan fingerprint density at radius 1 is 1.27 bits per heavy atom. The fourth-order valence-corrected chi connectivity index (χ4v) is 4.99. The number of nitrogens with one attached hydrogen (secondary N) is 1. The normalized spacial score (nSPS) is 20.8. The van der Waals surface area contributed by atoms with Gasteiger partial charge < -0.3 is 16.0 Å². The van der Waals surface area contributed by atoms with Gasteiger partial charge in [0.25, 0.3) is 0 Å². The molecule has 3 N–H and O–H groups in total. The molecule has 1 unspecified atom stereocenters. The molecule has 26 heavy (non-hydrogen) atoms. The number of thiophene rings is 1. The van der Waals surface area contributed by atoms with Crippen LogP contribution in [0.25, 0.3) is 0 Å². The minimum absolute atomic E-state index is 0.264. The number of nitrogens with two attached hydrogens (primary N) is 1. The first-order valence-electron chi connectivity index (χ1n) is 9.53. The molecular weight excluding hydrogens is 342 g/mol. The first kappa shape index (κ1) is 17.6. The third kappa shape index (κ3) is 3.64. The lowest BCUT2D eigenvalue weighted by molar-refractivity contribution is -0.133. The van der Waals surface area contributed by atoms with Crippen molar-refractivity contribution in [3.63, 3.8) is 0 Å². The van der Waals surface area contributed by atoms with Gasteiger partial charge in [0.2, 0.25) is 5.91 Å². The van der Waals surface area contributed by atoms with Crippen LogP contribution in [0, 0.1) is 5.41 Å². The highest BCUT2D eigenvalue weighted by atomic mass is 32.1. The number of benzene rings is 1. The Kier molecular flexibility index (Phi) is 5.00. The molecule has 2 fully saturated rings. The lowest BCUT2D eigenvalue weighted by Gasteiger charge is -2.29. The number of amides is 1. The summed E-state index contributed by atoms with van der Waals surface area (Å²) in [7, 11) is 0. The van der Waals surface area contributed by atoms with Crippen LogP contribution in [0.3, 0.4) is 0 Å². The van der Waals surface area contributed by atoms with Gasteiger partial charge in [-0.2, -0.15) is 11.3 Å². The number of para-hydroxylation sites is 1. The molecule has 1 aromatic heterocycles. The minimum atomic E-state index is 0.264. The number of nitrogen functional groups attached to an aromatic ring is 1. The summed E-state index contributed by atoms with van der Waals surface area (Å²) in [4.78, 5) is 15.3. The van der Waals surface area contributed by atoms with E-state index in [1.54, 1.807) is 11.3 Å². The van der Waals surface area contributed by atoms with Crippen molar-refractivity contribution >= 4 is 22.9 Å². The van der Waals surface area contributed by atoms with Crippen LogP contribution in [0.1, 0.15) is 36.8 Å². The number of piperidine rings is 1. The zero-order chi connectivity index (χ0) is 18.0. The smallest absolute Gasteiger partial charge is 0.223 e. The summed E-state index contributed by atoms with van der Waals surface area (Å²) >= 11 is 1.70. The van der Waals surface area contributed by atoms with E-state index in [0.29, 0.717) is 24.3 Å². The zero-order valence-corrected chi connectivity index (χ0v) is 15.9. The van der Waals surface area contributed by atoms with Crippen LogP contribution in [0.4, 0.5) is 5.69 Å². The molecule has 0 radical (unpaired) electrons. The van der Waals surface area contributed by atoms with Crippen molar-refractivity contribution in [2.45, 2.75) is 44.7 Å². The Hall–Kier alpha value is -1.85. The Labute approximate surface area is 159 Å². The van der Waals surface area contributed by atoms with Crippen molar-refractivity contribution in [3.8, 4) is 0 Å². The number of anilines is 1. The zero-order valence-electron chi connectivity index (χ0n) is 15.1. The van der Waals surface area contributed by atoms with Crippen molar-refractivity contribution in [3.05, 3.63) is 52.2 Å². The highest BCUT2D eigenvalue weighted by molar-refractivity contribution is 7.07. The molecule has 1 spiro atoms. The van der Waals surface area contributed by atoms with Gasteiger partial charge in [-0.3, -0.25) is 4.79 Å². The summed E-state index contributed by atoms with van der Waals surface area (Å²) in [6.45, 7) is 2.90. The molecule has 2 aromatic rings. The number of hydrogen-bond acceptors (Lipinski definition) is 4. The number of hydrogen-bond donors (Lipinski definition) is 2. The van der Waals surface area contributed by atoms with Crippen molar-refractivity contribution in [2.24, 2.45) is 5.41 Å². The Morgan fingerprint density at radius 2 is 2.08 bits per heavy atom. The maximum Gasteiger partial charge on any atom is 0.223 e. The average Bonchev–Trinajstić information content (AvgIpc) is 3.08. The maximum absolute atomic E-state index is 13.1. The number of carbonyl (C=O) groups excluding carboxylic acids is 1. The first-order valence-corrected chi connectivity index (χ1v) is 10.5. The molecular formula is C21H27N3OS. The monoisotopic (exact) mass is 369 g/mol. The molecule has 138 valence electrons. The van der Waals surface area contributed by atoms with E-state index in [4.69, 9.17) is 5.73 Å². The highest BCUT2D eigenvalue weighted by Gasteiger charge is 2.57. The second-order valence-electron chi connectivity index (χ2n) is 7.68. The topological polar surface area (TPSA) is 58.4 Å². The number of carbonyl (C=O) groups is 1. The van der Waals surface area contributed by atoms with Gasteiger partial charge in [0.05, 0.1) is 0 Å². The molecule has 1 aliphatic carbocycles. The second kappa shape index (κ2) is 7.41. The third-order valence-corrected chi connectivity index (χ3v) is 6.77. The highest BCUT2D eigenvalue weighted by Crippen LogP contribution is 2.56. The molecule has 1 saturated carbocycles. The van der Waals surface area contributed by atoms with E-state index in [2.05, 4.69) is 27.0 Å². The van der Waals surface area contributed by atoms with E-state index in [1.165, 1.54) is 18.4 Å². The molecule has 1 aromatic carbocycles. The van der Waals surface area contributed by atoms with E-state index in [0.717, 1.165) is 37.3 Å². The lowest BCUT2D eigenvalue weighted by Crippen LogP contribution is -2.39. The number of rotatable bonds is 6.